The van der Waals surface area contributed by atoms with E-state index < -0.39 is 11.9 Å². The van der Waals surface area contributed by atoms with E-state index >= 15 is 0 Å². The largest absolute Gasteiger partial charge is 0.435 e. The standard InChI is InChI=1S/C8H8F3N3/c1-5-6(3-4-12)7(8(9,10)11)13-14(5)2/h3H2,1-2H3/p+1. The van der Waals surface area contributed by atoms with Gasteiger partial charge in [0, 0.05) is 18.3 Å². The van der Waals surface area contributed by atoms with Crippen LogP contribution < -0.4 is 5.26 Å². The van der Waals surface area contributed by atoms with E-state index in [1.54, 1.807) is 0 Å². The van der Waals surface area contributed by atoms with E-state index in [9.17, 15) is 13.2 Å². The molecule has 0 saturated heterocycles. The summed E-state index contributed by atoms with van der Waals surface area (Å²) in [5.41, 5.74) is -0.482. The van der Waals surface area contributed by atoms with Crippen molar-refractivity contribution in [3.63, 3.8) is 0 Å². The van der Waals surface area contributed by atoms with Crippen molar-refractivity contribution in [1.29, 1.82) is 0 Å². The number of aryl methyl sites for hydroxylation is 1. The summed E-state index contributed by atoms with van der Waals surface area (Å²) in [5, 5.41) is 10.1. The number of alkyl halides is 3. The van der Waals surface area contributed by atoms with Gasteiger partial charge >= 0.3 is 6.18 Å². The average molecular weight is 204 g/mol. The van der Waals surface area contributed by atoms with E-state index in [1.807, 2.05) is 6.07 Å². The molecule has 76 valence electrons. The van der Waals surface area contributed by atoms with Crippen LogP contribution in [0, 0.1) is 13.0 Å². The van der Waals surface area contributed by atoms with Crippen molar-refractivity contribution < 1.29 is 18.4 Å². The fourth-order valence-corrected chi connectivity index (χ4v) is 1.18. The fraction of sp³-hybridized carbons (Fsp3) is 0.500. The number of aromatic nitrogens is 2. The molecule has 1 aromatic rings. The van der Waals surface area contributed by atoms with Crippen molar-refractivity contribution in [2.75, 3.05) is 0 Å². The maximum absolute atomic E-state index is 12.4. The molecule has 0 fully saturated rings. The lowest BCUT2D eigenvalue weighted by Gasteiger charge is -2.02. The van der Waals surface area contributed by atoms with Crippen LogP contribution in [0.1, 0.15) is 17.0 Å². The summed E-state index contributed by atoms with van der Waals surface area (Å²) in [6.45, 7) is 1.54. The molecule has 0 aliphatic heterocycles. The Morgan fingerprint density at radius 2 is 2.07 bits per heavy atom. The predicted octanol–water partition coefficient (Wildman–Crippen LogP) is 0.0625. The highest BCUT2D eigenvalue weighted by atomic mass is 19.4. The lowest BCUT2D eigenvalue weighted by Crippen LogP contribution is -2.18. The van der Waals surface area contributed by atoms with Crippen LogP contribution in [0.3, 0.4) is 0 Å². The van der Waals surface area contributed by atoms with Crippen LogP contribution in [0.5, 0.6) is 0 Å². The Labute approximate surface area is 78.8 Å². The first-order valence-electron chi connectivity index (χ1n) is 3.87. The zero-order valence-corrected chi connectivity index (χ0v) is 7.74. The molecule has 6 heteroatoms. The molecule has 0 atom stereocenters. The summed E-state index contributed by atoms with van der Waals surface area (Å²) in [7, 11) is 1.44. The topological polar surface area (TPSA) is 41.6 Å². The second-order valence-electron chi connectivity index (χ2n) is 2.89. The maximum atomic E-state index is 12.4. The molecular weight excluding hydrogens is 195 g/mol. The van der Waals surface area contributed by atoms with E-state index in [0.717, 1.165) is 4.68 Å². The Balaban J connectivity index is 3.31. The summed E-state index contributed by atoms with van der Waals surface area (Å²) in [5.74, 6) is 0. The molecule has 0 amide bonds. The summed E-state index contributed by atoms with van der Waals surface area (Å²) in [6, 6.07) is 1.95. The average Bonchev–Trinajstić information content (AvgIpc) is 2.32. The third-order valence-corrected chi connectivity index (χ3v) is 1.99. The molecule has 0 unspecified atom stereocenters. The Kier molecular flexibility index (Phi) is 2.51. The third kappa shape index (κ3) is 1.71. The highest BCUT2D eigenvalue weighted by molar-refractivity contribution is 5.29. The Morgan fingerprint density at radius 3 is 2.50 bits per heavy atom. The van der Waals surface area contributed by atoms with Crippen molar-refractivity contribution >= 4 is 0 Å². The van der Waals surface area contributed by atoms with Gasteiger partial charge in [-0.2, -0.15) is 18.3 Å². The number of hydrogen-bond acceptors (Lipinski definition) is 1. The third-order valence-electron chi connectivity index (χ3n) is 1.99. The first-order chi connectivity index (χ1) is 6.38. The van der Waals surface area contributed by atoms with Gasteiger partial charge in [0.15, 0.2) is 5.69 Å². The summed E-state index contributed by atoms with van der Waals surface area (Å²) < 4.78 is 38.4. The van der Waals surface area contributed by atoms with Crippen LogP contribution in [0.15, 0.2) is 0 Å². The minimum Gasteiger partial charge on any atom is -0.272 e. The smallest absolute Gasteiger partial charge is 0.272 e. The molecule has 0 radical (unpaired) electrons. The van der Waals surface area contributed by atoms with E-state index in [2.05, 4.69) is 5.10 Å². The molecule has 0 spiro atoms. The van der Waals surface area contributed by atoms with Crippen LogP contribution in [-0.2, 0) is 19.6 Å². The van der Waals surface area contributed by atoms with Gasteiger partial charge in [-0.1, -0.05) is 0 Å². The zero-order valence-electron chi connectivity index (χ0n) is 7.74. The van der Waals surface area contributed by atoms with Crippen LogP contribution in [0.2, 0.25) is 0 Å². The molecular formula is C8H9F3N3+. The normalized spacial score (nSPS) is 11.4. The van der Waals surface area contributed by atoms with Gasteiger partial charge in [-0.3, -0.25) is 4.68 Å². The Hall–Kier alpha value is -1.51. The number of nitrogens with one attached hydrogen (secondary N) is 1. The first kappa shape index (κ1) is 10.6. The zero-order chi connectivity index (χ0) is 10.9. The Morgan fingerprint density at radius 1 is 1.50 bits per heavy atom. The van der Waals surface area contributed by atoms with Crippen LogP contribution in [-0.4, -0.2) is 9.78 Å². The van der Waals surface area contributed by atoms with E-state index in [4.69, 9.17) is 5.26 Å². The quantitative estimate of drug-likeness (QED) is 0.690. The van der Waals surface area contributed by atoms with Crippen molar-refractivity contribution in [3.8, 4) is 6.07 Å². The van der Waals surface area contributed by atoms with Gasteiger partial charge in [0.2, 0.25) is 0 Å². The molecule has 0 aliphatic carbocycles. The summed E-state index contributed by atoms with van der Waals surface area (Å²) in [4.78, 5) is 0. The highest BCUT2D eigenvalue weighted by Crippen LogP contribution is 2.32. The molecule has 1 rings (SSSR count). The summed E-state index contributed by atoms with van der Waals surface area (Å²) in [6.07, 6.45) is -4.62. The molecule has 3 nitrogen and oxygen atoms in total. The lowest BCUT2D eigenvalue weighted by atomic mass is 10.1. The predicted molar refractivity (Wildman–Crippen MR) is 41.5 cm³/mol. The van der Waals surface area contributed by atoms with Gasteiger partial charge in [0.05, 0.1) is 0 Å². The minimum atomic E-state index is -4.46. The lowest BCUT2D eigenvalue weighted by molar-refractivity contribution is -0.142. The van der Waals surface area contributed by atoms with Crippen molar-refractivity contribution in [2.24, 2.45) is 7.05 Å². The van der Waals surface area contributed by atoms with Gasteiger partial charge < -0.3 is 0 Å². The summed E-state index contributed by atoms with van der Waals surface area (Å²) >= 11 is 0. The van der Waals surface area contributed by atoms with Gasteiger partial charge in [-0.25, -0.2) is 0 Å². The molecule has 0 aliphatic rings. The maximum Gasteiger partial charge on any atom is 0.435 e. The van der Waals surface area contributed by atoms with E-state index in [-0.39, 0.29) is 12.0 Å². The monoisotopic (exact) mass is 204 g/mol. The highest BCUT2D eigenvalue weighted by Gasteiger charge is 2.38. The van der Waals surface area contributed by atoms with Crippen molar-refractivity contribution in [3.05, 3.63) is 17.0 Å². The Bertz CT molecular complexity index is 384. The SMILES string of the molecule is Cc1c(CC#[NH+])c(C(F)(F)F)nn1C. The van der Waals surface area contributed by atoms with Crippen LogP contribution in [0.4, 0.5) is 13.2 Å². The van der Waals surface area contributed by atoms with E-state index in [0.29, 0.717) is 5.69 Å². The van der Waals surface area contributed by atoms with Gasteiger partial charge in [-0.05, 0) is 6.92 Å². The molecule has 1 heterocycles. The second kappa shape index (κ2) is 3.33. The molecule has 1 aromatic heterocycles. The first-order valence-corrected chi connectivity index (χ1v) is 3.87. The number of halogens is 3. The van der Waals surface area contributed by atoms with Crippen molar-refractivity contribution in [2.45, 2.75) is 19.5 Å². The van der Waals surface area contributed by atoms with E-state index in [1.165, 1.54) is 14.0 Å². The van der Waals surface area contributed by atoms with Crippen molar-refractivity contribution in [1.82, 2.24) is 9.78 Å². The van der Waals surface area contributed by atoms with Gasteiger partial charge in [0.25, 0.3) is 6.07 Å². The number of nitrogens with zero attached hydrogens (tertiary/aromatic N) is 2. The second-order valence-corrected chi connectivity index (χ2v) is 2.89. The number of hydrogen-bond donors (Lipinski definition) is 1. The fourth-order valence-electron chi connectivity index (χ4n) is 1.18. The van der Waals surface area contributed by atoms with Gasteiger partial charge in [0.1, 0.15) is 6.42 Å². The molecule has 0 aromatic carbocycles. The van der Waals surface area contributed by atoms with Gasteiger partial charge in [-0.15, -0.1) is 5.26 Å². The molecule has 0 bridgehead atoms. The van der Waals surface area contributed by atoms with Crippen LogP contribution in [0.25, 0.3) is 0 Å². The van der Waals surface area contributed by atoms with Crippen LogP contribution >= 0.6 is 0 Å². The molecule has 1 N–H and O–H groups in total. The number of rotatable bonds is 1. The minimum absolute atomic E-state index is 0.0231. The molecule has 0 saturated carbocycles. The molecule has 14 heavy (non-hydrogen) atoms.